The van der Waals surface area contributed by atoms with Crippen molar-refractivity contribution in [2.45, 2.75) is 12.5 Å². The Balaban J connectivity index is 3.11. The van der Waals surface area contributed by atoms with Gasteiger partial charge in [0.1, 0.15) is 11.1 Å². The number of hydrogen-bond acceptors (Lipinski definition) is 3. The van der Waals surface area contributed by atoms with Crippen molar-refractivity contribution in [3.05, 3.63) is 26.7 Å². The van der Waals surface area contributed by atoms with Crippen molar-refractivity contribution in [3.63, 3.8) is 0 Å². The Hall–Kier alpha value is -0.680. The Morgan fingerprint density at radius 3 is 2.44 bits per heavy atom. The van der Waals surface area contributed by atoms with Crippen molar-refractivity contribution in [3.8, 4) is 5.75 Å². The molecule has 7 heteroatoms. The third-order valence-corrected chi connectivity index (χ3v) is 3.15. The van der Waals surface area contributed by atoms with Crippen molar-refractivity contribution in [1.82, 2.24) is 0 Å². The van der Waals surface area contributed by atoms with Gasteiger partial charge in [-0.15, -0.1) is 0 Å². The molecule has 0 spiro atoms. The summed E-state index contributed by atoms with van der Waals surface area (Å²) >= 11 is 17.2. The molecule has 0 aliphatic heterocycles. The second kappa shape index (κ2) is 5.10. The van der Waals surface area contributed by atoms with E-state index in [4.69, 9.17) is 45.6 Å². The molecular weight excluding hydrogens is 276 g/mol. The number of aliphatic carboxylic acids is 1. The van der Waals surface area contributed by atoms with Crippen LogP contribution < -0.4 is 5.73 Å². The van der Waals surface area contributed by atoms with Gasteiger partial charge in [0, 0.05) is 0 Å². The lowest BCUT2D eigenvalue weighted by Crippen LogP contribution is -2.32. The number of hydrogen-bond donors (Lipinski definition) is 3. The molecule has 4 N–H and O–H groups in total. The van der Waals surface area contributed by atoms with Crippen LogP contribution in [-0.4, -0.2) is 22.2 Å². The normalized spacial score (nSPS) is 12.5. The number of nitrogens with two attached hydrogens (primary N) is 1. The van der Waals surface area contributed by atoms with Crippen molar-refractivity contribution < 1.29 is 15.0 Å². The van der Waals surface area contributed by atoms with E-state index < -0.39 is 12.0 Å². The van der Waals surface area contributed by atoms with E-state index >= 15 is 0 Å². The molecular formula is C9H8Cl3NO3. The Morgan fingerprint density at radius 1 is 1.38 bits per heavy atom. The molecule has 0 radical (unpaired) electrons. The molecule has 0 aromatic heterocycles. The van der Waals surface area contributed by atoms with Crippen LogP contribution in [0.1, 0.15) is 5.56 Å². The molecule has 1 aromatic carbocycles. The summed E-state index contributed by atoms with van der Waals surface area (Å²) in [4.78, 5) is 10.6. The van der Waals surface area contributed by atoms with Gasteiger partial charge in [0.15, 0.2) is 5.75 Å². The molecule has 1 aromatic rings. The molecule has 1 atom stereocenters. The third-order valence-electron chi connectivity index (χ3n) is 1.97. The number of carbonyl (C=O) groups is 1. The van der Waals surface area contributed by atoms with E-state index in [9.17, 15) is 9.90 Å². The summed E-state index contributed by atoms with van der Waals surface area (Å²) in [6, 6.07) is 0.239. The van der Waals surface area contributed by atoms with E-state index in [1.54, 1.807) is 0 Å². The highest BCUT2D eigenvalue weighted by Crippen LogP contribution is 2.39. The maximum Gasteiger partial charge on any atom is 0.320 e. The van der Waals surface area contributed by atoms with E-state index in [2.05, 4.69) is 0 Å². The molecule has 1 rings (SSSR count). The van der Waals surface area contributed by atoms with Crippen LogP contribution in [0.5, 0.6) is 5.75 Å². The number of halogens is 3. The predicted molar refractivity (Wildman–Crippen MR) is 62.5 cm³/mol. The highest BCUT2D eigenvalue weighted by molar-refractivity contribution is 6.45. The second-order valence-corrected chi connectivity index (χ2v) is 4.31. The molecule has 0 fully saturated rings. The van der Waals surface area contributed by atoms with E-state index in [1.807, 2.05) is 0 Å². The first-order valence-corrected chi connectivity index (χ1v) is 5.31. The lowest BCUT2D eigenvalue weighted by Gasteiger charge is -2.11. The molecule has 0 saturated carbocycles. The summed E-state index contributed by atoms with van der Waals surface area (Å²) in [5, 5.41) is 18.0. The fraction of sp³-hybridized carbons (Fsp3) is 0.222. The Kier molecular flexibility index (Phi) is 4.27. The van der Waals surface area contributed by atoms with Gasteiger partial charge in [0.05, 0.1) is 10.0 Å². The smallest absolute Gasteiger partial charge is 0.320 e. The fourth-order valence-electron chi connectivity index (χ4n) is 1.11. The van der Waals surface area contributed by atoms with Crippen LogP contribution in [0.15, 0.2) is 6.07 Å². The molecule has 0 bridgehead atoms. The molecule has 0 aliphatic rings. The molecule has 0 aliphatic carbocycles. The van der Waals surface area contributed by atoms with Crippen molar-refractivity contribution in [1.29, 1.82) is 0 Å². The van der Waals surface area contributed by atoms with Crippen LogP contribution >= 0.6 is 34.8 Å². The standard InChI is InChI=1S/C9H8Cl3NO3/c10-4-1-3(2-5(13)9(15)16)6(11)7(12)8(4)14/h1,5,14H,2,13H2,(H,15,16)/t5-/m0/s1. The monoisotopic (exact) mass is 283 g/mol. The predicted octanol–water partition coefficient (Wildman–Crippen LogP) is 2.31. The van der Waals surface area contributed by atoms with Gasteiger partial charge >= 0.3 is 5.97 Å². The van der Waals surface area contributed by atoms with Crippen LogP contribution in [-0.2, 0) is 11.2 Å². The van der Waals surface area contributed by atoms with Crippen LogP contribution in [0.3, 0.4) is 0 Å². The van der Waals surface area contributed by atoms with Gasteiger partial charge in [-0.05, 0) is 18.1 Å². The van der Waals surface area contributed by atoms with Gasteiger partial charge in [0.2, 0.25) is 0 Å². The first kappa shape index (κ1) is 13.4. The second-order valence-electron chi connectivity index (χ2n) is 3.14. The van der Waals surface area contributed by atoms with Crippen LogP contribution in [0.2, 0.25) is 15.1 Å². The van der Waals surface area contributed by atoms with Crippen molar-refractivity contribution in [2.24, 2.45) is 5.73 Å². The third kappa shape index (κ3) is 2.71. The number of benzene rings is 1. The minimum atomic E-state index is -1.16. The van der Waals surface area contributed by atoms with E-state index in [0.717, 1.165) is 0 Å². The number of phenols is 1. The highest BCUT2D eigenvalue weighted by Gasteiger charge is 2.18. The summed E-state index contributed by atoms with van der Waals surface area (Å²) in [5.41, 5.74) is 5.73. The molecule has 0 amide bonds. The average Bonchev–Trinajstić information content (AvgIpc) is 2.22. The quantitative estimate of drug-likeness (QED) is 0.744. The Bertz CT molecular complexity index is 436. The van der Waals surface area contributed by atoms with Crippen molar-refractivity contribution >= 4 is 40.8 Å². The zero-order chi connectivity index (χ0) is 12.5. The SMILES string of the molecule is N[C@@H](Cc1cc(Cl)c(O)c(Cl)c1Cl)C(=O)O. The Labute approximate surface area is 107 Å². The maximum absolute atomic E-state index is 10.6. The minimum Gasteiger partial charge on any atom is -0.505 e. The first-order valence-electron chi connectivity index (χ1n) is 4.18. The van der Waals surface area contributed by atoms with Crippen molar-refractivity contribution in [2.75, 3.05) is 0 Å². The van der Waals surface area contributed by atoms with Crippen LogP contribution in [0, 0.1) is 0 Å². The molecule has 0 saturated heterocycles. The van der Waals surface area contributed by atoms with E-state index in [0.29, 0.717) is 5.56 Å². The summed E-state index contributed by atoms with van der Waals surface area (Å²) in [6.07, 6.45) is -0.0200. The van der Waals surface area contributed by atoms with Gasteiger partial charge in [0.25, 0.3) is 0 Å². The lowest BCUT2D eigenvalue weighted by atomic mass is 10.1. The van der Waals surface area contributed by atoms with Gasteiger partial charge in [-0.1, -0.05) is 34.8 Å². The van der Waals surface area contributed by atoms with Gasteiger partial charge < -0.3 is 15.9 Å². The highest BCUT2D eigenvalue weighted by atomic mass is 35.5. The molecule has 4 nitrogen and oxygen atoms in total. The zero-order valence-electron chi connectivity index (χ0n) is 7.88. The number of phenolic OH excluding ortho intramolecular Hbond substituents is 1. The number of carboxylic acids is 1. The lowest BCUT2D eigenvalue weighted by molar-refractivity contribution is -0.138. The molecule has 0 heterocycles. The minimum absolute atomic E-state index is 0.00184. The number of aromatic hydroxyl groups is 1. The summed E-state index contributed by atoms with van der Waals surface area (Å²) < 4.78 is 0. The molecule has 88 valence electrons. The van der Waals surface area contributed by atoms with Crippen LogP contribution in [0.25, 0.3) is 0 Å². The average molecular weight is 285 g/mol. The van der Waals surface area contributed by atoms with Crippen LogP contribution in [0.4, 0.5) is 0 Å². The molecule has 0 unspecified atom stereocenters. The Morgan fingerprint density at radius 2 is 1.94 bits per heavy atom. The zero-order valence-corrected chi connectivity index (χ0v) is 10.1. The van der Waals surface area contributed by atoms with E-state index in [1.165, 1.54) is 6.07 Å². The summed E-state index contributed by atoms with van der Waals surface area (Å²) in [6.45, 7) is 0. The van der Waals surface area contributed by atoms with E-state index in [-0.39, 0.29) is 27.2 Å². The largest absolute Gasteiger partial charge is 0.505 e. The first-order chi connectivity index (χ1) is 7.34. The summed E-state index contributed by atoms with van der Waals surface area (Å²) in [7, 11) is 0. The number of carboxylic acid groups (broad SMARTS) is 1. The van der Waals surface area contributed by atoms with Gasteiger partial charge in [-0.3, -0.25) is 4.79 Å². The van der Waals surface area contributed by atoms with Gasteiger partial charge in [-0.25, -0.2) is 0 Å². The van der Waals surface area contributed by atoms with Gasteiger partial charge in [-0.2, -0.15) is 0 Å². The number of rotatable bonds is 3. The summed E-state index contributed by atoms with van der Waals surface area (Å²) in [5.74, 6) is -1.49. The maximum atomic E-state index is 10.6. The fourth-order valence-corrected chi connectivity index (χ4v) is 1.83. The molecule has 16 heavy (non-hydrogen) atoms. The topological polar surface area (TPSA) is 83.5 Å².